The summed E-state index contributed by atoms with van der Waals surface area (Å²) in [6, 6.07) is 13.3. The first kappa shape index (κ1) is 15.1. The maximum absolute atomic E-state index is 12.4. The standard InChI is InChI=1S/C16H15BrClNO/c1-11-9-14(18)7-8-15(11)16(20)19(2)10-12-3-5-13(17)6-4-12/h3-9H,10H2,1-2H3. The highest BCUT2D eigenvalue weighted by atomic mass is 79.9. The number of carbonyl (C=O) groups excluding carboxylic acids is 1. The average molecular weight is 353 g/mol. The summed E-state index contributed by atoms with van der Waals surface area (Å²) < 4.78 is 1.03. The van der Waals surface area contributed by atoms with Gasteiger partial charge in [0.1, 0.15) is 0 Å². The van der Waals surface area contributed by atoms with Gasteiger partial charge < -0.3 is 4.90 Å². The molecule has 0 bridgehead atoms. The molecule has 0 heterocycles. The molecule has 2 aromatic carbocycles. The molecular formula is C16H15BrClNO. The van der Waals surface area contributed by atoms with Gasteiger partial charge in [0.05, 0.1) is 0 Å². The predicted octanol–water partition coefficient (Wildman–Crippen LogP) is 4.68. The minimum atomic E-state index is 0.00193. The van der Waals surface area contributed by atoms with E-state index in [1.807, 2.05) is 37.3 Å². The molecule has 0 aliphatic heterocycles. The molecule has 104 valence electrons. The van der Waals surface area contributed by atoms with Crippen LogP contribution in [0, 0.1) is 6.92 Å². The van der Waals surface area contributed by atoms with Crippen molar-refractivity contribution in [2.45, 2.75) is 13.5 Å². The molecule has 0 fully saturated rings. The van der Waals surface area contributed by atoms with Crippen molar-refractivity contribution >= 4 is 33.4 Å². The van der Waals surface area contributed by atoms with Crippen molar-refractivity contribution in [3.8, 4) is 0 Å². The van der Waals surface area contributed by atoms with E-state index in [2.05, 4.69) is 15.9 Å². The van der Waals surface area contributed by atoms with E-state index in [4.69, 9.17) is 11.6 Å². The summed E-state index contributed by atoms with van der Waals surface area (Å²) >= 11 is 9.32. The number of halogens is 2. The molecule has 0 spiro atoms. The fourth-order valence-corrected chi connectivity index (χ4v) is 2.50. The molecule has 4 heteroatoms. The minimum Gasteiger partial charge on any atom is -0.337 e. The van der Waals surface area contributed by atoms with E-state index in [0.29, 0.717) is 17.1 Å². The number of rotatable bonds is 3. The maximum atomic E-state index is 12.4. The van der Waals surface area contributed by atoms with Gasteiger partial charge in [0.2, 0.25) is 0 Å². The summed E-state index contributed by atoms with van der Waals surface area (Å²) in [7, 11) is 1.80. The molecule has 2 rings (SSSR count). The summed E-state index contributed by atoms with van der Waals surface area (Å²) in [6.07, 6.45) is 0. The van der Waals surface area contributed by atoms with Crippen molar-refractivity contribution in [2.75, 3.05) is 7.05 Å². The van der Waals surface area contributed by atoms with Gasteiger partial charge in [0.15, 0.2) is 0 Å². The number of hydrogen-bond donors (Lipinski definition) is 0. The molecule has 0 aliphatic rings. The number of benzene rings is 2. The Balaban J connectivity index is 2.14. The van der Waals surface area contributed by atoms with Crippen molar-refractivity contribution in [1.82, 2.24) is 4.90 Å². The molecule has 0 saturated heterocycles. The van der Waals surface area contributed by atoms with Crippen LogP contribution in [0.15, 0.2) is 46.9 Å². The molecule has 0 saturated carbocycles. The second-order valence-corrected chi connectivity index (χ2v) is 6.10. The van der Waals surface area contributed by atoms with E-state index in [0.717, 1.165) is 15.6 Å². The minimum absolute atomic E-state index is 0.00193. The van der Waals surface area contributed by atoms with Gasteiger partial charge in [0.25, 0.3) is 5.91 Å². The van der Waals surface area contributed by atoms with Crippen molar-refractivity contribution in [2.24, 2.45) is 0 Å². The Morgan fingerprint density at radius 2 is 1.85 bits per heavy atom. The van der Waals surface area contributed by atoms with Gasteiger partial charge in [-0.2, -0.15) is 0 Å². The summed E-state index contributed by atoms with van der Waals surface area (Å²) in [6.45, 7) is 2.47. The van der Waals surface area contributed by atoms with E-state index < -0.39 is 0 Å². The third-order valence-corrected chi connectivity index (χ3v) is 3.86. The molecule has 0 atom stereocenters. The van der Waals surface area contributed by atoms with Crippen LogP contribution in [0.2, 0.25) is 5.02 Å². The van der Waals surface area contributed by atoms with Gasteiger partial charge in [-0.25, -0.2) is 0 Å². The summed E-state index contributed by atoms with van der Waals surface area (Å²) in [5.74, 6) is 0.00193. The van der Waals surface area contributed by atoms with E-state index in [1.54, 1.807) is 24.1 Å². The second-order valence-electron chi connectivity index (χ2n) is 4.75. The first-order chi connectivity index (χ1) is 9.47. The molecule has 0 radical (unpaired) electrons. The third kappa shape index (κ3) is 3.62. The Kier molecular flexibility index (Phi) is 4.84. The first-order valence-corrected chi connectivity index (χ1v) is 7.40. The number of nitrogens with zero attached hydrogens (tertiary/aromatic N) is 1. The van der Waals surface area contributed by atoms with Crippen molar-refractivity contribution < 1.29 is 4.79 Å². The zero-order valence-corrected chi connectivity index (χ0v) is 13.7. The smallest absolute Gasteiger partial charge is 0.254 e. The zero-order valence-electron chi connectivity index (χ0n) is 11.4. The van der Waals surface area contributed by atoms with E-state index in [1.165, 1.54) is 0 Å². The fraction of sp³-hybridized carbons (Fsp3) is 0.188. The van der Waals surface area contributed by atoms with E-state index in [9.17, 15) is 4.79 Å². The second kappa shape index (κ2) is 6.42. The maximum Gasteiger partial charge on any atom is 0.254 e. The van der Waals surface area contributed by atoms with Crippen molar-refractivity contribution in [1.29, 1.82) is 0 Å². The van der Waals surface area contributed by atoms with Crippen LogP contribution in [-0.4, -0.2) is 17.9 Å². The highest BCUT2D eigenvalue weighted by Crippen LogP contribution is 2.18. The van der Waals surface area contributed by atoms with Crippen molar-refractivity contribution in [3.05, 3.63) is 68.7 Å². The Labute approximate surface area is 132 Å². The van der Waals surface area contributed by atoms with Crippen LogP contribution in [0.1, 0.15) is 21.5 Å². The molecule has 0 aromatic heterocycles. The van der Waals surface area contributed by atoms with Gasteiger partial charge in [-0.3, -0.25) is 4.79 Å². The molecule has 20 heavy (non-hydrogen) atoms. The Bertz CT molecular complexity index is 625. The molecule has 0 unspecified atom stereocenters. The lowest BCUT2D eigenvalue weighted by molar-refractivity contribution is 0.0784. The quantitative estimate of drug-likeness (QED) is 0.785. The highest BCUT2D eigenvalue weighted by Gasteiger charge is 2.14. The third-order valence-electron chi connectivity index (χ3n) is 3.10. The number of aryl methyl sites for hydroxylation is 1. The van der Waals surface area contributed by atoms with Crippen LogP contribution in [0.25, 0.3) is 0 Å². The lowest BCUT2D eigenvalue weighted by Gasteiger charge is -2.18. The highest BCUT2D eigenvalue weighted by molar-refractivity contribution is 9.10. The molecule has 1 amide bonds. The normalized spacial score (nSPS) is 10.4. The lowest BCUT2D eigenvalue weighted by atomic mass is 10.1. The molecule has 2 aromatic rings. The average Bonchev–Trinajstić information content (AvgIpc) is 2.40. The zero-order chi connectivity index (χ0) is 14.7. The van der Waals surface area contributed by atoms with Crippen LogP contribution < -0.4 is 0 Å². The molecular weight excluding hydrogens is 338 g/mol. The first-order valence-electron chi connectivity index (χ1n) is 6.23. The number of hydrogen-bond acceptors (Lipinski definition) is 1. The van der Waals surface area contributed by atoms with E-state index >= 15 is 0 Å². The van der Waals surface area contributed by atoms with Crippen molar-refractivity contribution in [3.63, 3.8) is 0 Å². The Morgan fingerprint density at radius 1 is 1.20 bits per heavy atom. The molecule has 2 nitrogen and oxygen atoms in total. The van der Waals surface area contributed by atoms with Crippen LogP contribution in [0.5, 0.6) is 0 Å². The summed E-state index contributed by atoms with van der Waals surface area (Å²) in [5.41, 5.74) is 2.68. The Hall–Kier alpha value is -1.32. The van der Waals surface area contributed by atoms with Crippen LogP contribution in [0.4, 0.5) is 0 Å². The fourth-order valence-electron chi connectivity index (χ4n) is 2.01. The predicted molar refractivity (Wildman–Crippen MR) is 86.1 cm³/mol. The van der Waals surface area contributed by atoms with Gasteiger partial charge in [-0.05, 0) is 48.4 Å². The number of carbonyl (C=O) groups is 1. The van der Waals surface area contributed by atoms with Gasteiger partial charge in [-0.15, -0.1) is 0 Å². The van der Waals surface area contributed by atoms with Crippen LogP contribution in [-0.2, 0) is 6.54 Å². The Morgan fingerprint density at radius 3 is 2.45 bits per heavy atom. The summed E-state index contributed by atoms with van der Waals surface area (Å²) in [5, 5.41) is 0.648. The monoisotopic (exact) mass is 351 g/mol. The van der Waals surface area contributed by atoms with Gasteiger partial charge in [0, 0.05) is 28.7 Å². The lowest BCUT2D eigenvalue weighted by Crippen LogP contribution is -2.26. The topological polar surface area (TPSA) is 20.3 Å². The van der Waals surface area contributed by atoms with Crippen LogP contribution in [0.3, 0.4) is 0 Å². The summed E-state index contributed by atoms with van der Waals surface area (Å²) in [4.78, 5) is 14.1. The largest absolute Gasteiger partial charge is 0.337 e. The molecule has 0 aliphatic carbocycles. The number of amides is 1. The van der Waals surface area contributed by atoms with Gasteiger partial charge >= 0.3 is 0 Å². The van der Waals surface area contributed by atoms with E-state index in [-0.39, 0.29) is 5.91 Å². The molecule has 0 N–H and O–H groups in total. The van der Waals surface area contributed by atoms with Crippen LogP contribution >= 0.6 is 27.5 Å². The SMILES string of the molecule is Cc1cc(Cl)ccc1C(=O)N(C)Cc1ccc(Br)cc1. The van der Waals surface area contributed by atoms with Gasteiger partial charge in [-0.1, -0.05) is 39.7 Å².